The van der Waals surface area contributed by atoms with E-state index < -0.39 is 0 Å². The first kappa shape index (κ1) is 15.9. The van der Waals surface area contributed by atoms with Crippen molar-refractivity contribution >= 4 is 11.8 Å². The molecular formula is C17H27NOS. The number of nitrogens with one attached hydrogen (secondary N) is 1. The van der Waals surface area contributed by atoms with Gasteiger partial charge in [-0.15, -0.1) is 11.8 Å². The molecule has 1 aromatic carbocycles. The molecule has 0 spiro atoms. The Morgan fingerprint density at radius 1 is 1.40 bits per heavy atom. The molecule has 0 heterocycles. The van der Waals surface area contributed by atoms with Crippen LogP contribution in [0.15, 0.2) is 23.1 Å². The number of benzene rings is 1. The van der Waals surface area contributed by atoms with Crippen LogP contribution in [0.25, 0.3) is 0 Å². The van der Waals surface area contributed by atoms with Crippen LogP contribution in [0.2, 0.25) is 0 Å². The fourth-order valence-electron chi connectivity index (χ4n) is 3.45. The molecule has 0 radical (unpaired) electrons. The van der Waals surface area contributed by atoms with Gasteiger partial charge in [0.05, 0.1) is 6.61 Å². The van der Waals surface area contributed by atoms with Gasteiger partial charge in [0.15, 0.2) is 0 Å². The molecule has 1 aliphatic rings. The summed E-state index contributed by atoms with van der Waals surface area (Å²) < 4.78 is 0. The van der Waals surface area contributed by atoms with Crippen molar-refractivity contribution in [1.29, 1.82) is 0 Å². The van der Waals surface area contributed by atoms with Gasteiger partial charge in [-0.05, 0) is 63.5 Å². The zero-order valence-corrected chi connectivity index (χ0v) is 13.7. The SMILES string of the molecule is CNC1(CO)CCCC1CCSc1ccc(C)cc1C. The first-order valence-corrected chi connectivity index (χ1v) is 8.59. The maximum Gasteiger partial charge on any atom is 0.0615 e. The lowest BCUT2D eigenvalue weighted by Gasteiger charge is -2.33. The third-order valence-electron chi connectivity index (χ3n) is 4.79. The van der Waals surface area contributed by atoms with E-state index in [4.69, 9.17) is 0 Å². The van der Waals surface area contributed by atoms with Crippen molar-refractivity contribution in [3.05, 3.63) is 29.3 Å². The summed E-state index contributed by atoms with van der Waals surface area (Å²) in [4.78, 5) is 1.40. The smallest absolute Gasteiger partial charge is 0.0615 e. The number of aliphatic hydroxyl groups is 1. The summed E-state index contributed by atoms with van der Waals surface area (Å²) in [6.45, 7) is 4.60. The summed E-state index contributed by atoms with van der Waals surface area (Å²) in [6.07, 6.45) is 4.77. The molecule has 1 aromatic rings. The highest BCUT2D eigenvalue weighted by molar-refractivity contribution is 7.99. The Labute approximate surface area is 127 Å². The lowest BCUT2D eigenvalue weighted by Crippen LogP contribution is -2.49. The maximum absolute atomic E-state index is 9.71. The fourth-order valence-corrected chi connectivity index (χ4v) is 4.53. The van der Waals surface area contributed by atoms with Crippen molar-refractivity contribution in [2.24, 2.45) is 5.92 Å². The summed E-state index contributed by atoms with van der Waals surface area (Å²) >= 11 is 1.95. The molecule has 2 atom stereocenters. The minimum absolute atomic E-state index is 0.0249. The van der Waals surface area contributed by atoms with Gasteiger partial charge >= 0.3 is 0 Å². The zero-order chi connectivity index (χ0) is 14.6. The molecule has 2 N–H and O–H groups in total. The van der Waals surface area contributed by atoms with Crippen molar-refractivity contribution < 1.29 is 5.11 Å². The summed E-state index contributed by atoms with van der Waals surface area (Å²) in [6, 6.07) is 6.68. The van der Waals surface area contributed by atoms with Crippen LogP contribution in [0.4, 0.5) is 0 Å². The van der Waals surface area contributed by atoms with E-state index >= 15 is 0 Å². The second-order valence-corrected chi connectivity index (χ2v) is 7.20. The van der Waals surface area contributed by atoms with Crippen molar-refractivity contribution in [3.8, 4) is 0 Å². The minimum Gasteiger partial charge on any atom is -0.394 e. The molecular weight excluding hydrogens is 266 g/mol. The van der Waals surface area contributed by atoms with Gasteiger partial charge in [0, 0.05) is 10.4 Å². The van der Waals surface area contributed by atoms with Crippen LogP contribution in [-0.2, 0) is 0 Å². The Balaban J connectivity index is 1.89. The Bertz CT molecular complexity index is 443. The third kappa shape index (κ3) is 3.38. The van der Waals surface area contributed by atoms with Gasteiger partial charge in [0.1, 0.15) is 0 Å². The second-order valence-electron chi connectivity index (χ2n) is 6.06. The monoisotopic (exact) mass is 293 g/mol. The quantitative estimate of drug-likeness (QED) is 0.787. The van der Waals surface area contributed by atoms with E-state index in [1.807, 2.05) is 18.8 Å². The molecule has 3 heteroatoms. The van der Waals surface area contributed by atoms with E-state index in [9.17, 15) is 5.11 Å². The highest BCUT2D eigenvalue weighted by Gasteiger charge is 2.40. The topological polar surface area (TPSA) is 32.3 Å². The molecule has 1 aliphatic carbocycles. The number of thioether (sulfide) groups is 1. The first-order chi connectivity index (χ1) is 9.61. The maximum atomic E-state index is 9.71. The van der Waals surface area contributed by atoms with E-state index in [1.165, 1.54) is 35.3 Å². The lowest BCUT2D eigenvalue weighted by molar-refractivity contribution is 0.130. The Morgan fingerprint density at radius 3 is 2.85 bits per heavy atom. The molecule has 20 heavy (non-hydrogen) atoms. The summed E-state index contributed by atoms with van der Waals surface area (Å²) in [7, 11) is 1.99. The van der Waals surface area contributed by atoms with Crippen LogP contribution in [0.1, 0.15) is 36.8 Å². The Hall–Kier alpha value is -0.510. The van der Waals surface area contributed by atoms with Gasteiger partial charge in [-0.3, -0.25) is 0 Å². The highest BCUT2D eigenvalue weighted by atomic mass is 32.2. The number of aliphatic hydroxyl groups excluding tert-OH is 1. The lowest BCUT2D eigenvalue weighted by atomic mass is 9.86. The van der Waals surface area contributed by atoms with Crippen molar-refractivity contribution in [2.75, 3.05) is 19.4 Å². The number of likely N-dealkylation sites (N-methyl/N-ethyl adjacent to an activating group) is 1. The van der Waals surface area contributed by atoms with Crippen LogP contribution >= 0.6 is 11.8 Å². The number of aryl methyl sites for hydroxylation is 2. The predicted molar refractivity (Wildman–Crippen MR) is 87.5 cm³/mol. The van der Waals surface area contributed by atoms with E-state index in [2.05, 4.69) is 37.4 Å². The molecule has 0 amide bonds. The van der Waals surface area contributed by atoms with Gasteiger partial charge < -0.3 is 10.4 Å². The summed E-state index contributed by atoms with van der Waals surface area (Å²) in [5.41, 5.74) is 2.68. The van der Waals surface area contributed by atoms with Crippen LogP contribution in [0.5, 0.6) is 0 Å². The van der Waals surface area contributed by atoms with Crippen LogP contribution in [0, 0.1) is 19.8 Å². The Morgan fingerprint density at radius 2 is 2.20 bits per heavy atom. The standard InChI is InChI=1S/C17H27NOS/c1-13-6-7-16(14(2)11-13)20-10-8-15-5-4-9-17(15,12-19)18-3/h6-7,11,15,18-19H,4-5,8-10,12H2,1-3H3. The predicted octanol–water partition coefficient (Wildman–Crippen LogP) is 3.54. The van der Waals surface area contributed by atoms with Crippen LogP contribution in [0.3, 0.4) is 0 Å². The Kier molecular flexibility index (Phi) is 5.53. The highest BCUT2D eigenvalue weighted by Crippen LogP contribution is 2.38. The van der Waals surface area contributed by atoms with Gasteiger partial charge in [0.2, 0.25) is 0 Å². The summed E-state index contributed by atoms with van der Waals surface area (Å²) in [5, 5.41) is 13.1. The van der Waals surface area contributed by atoms with Crippen LogP contribution < -0.4 is 5.32 Å². The molecule has 0 aliphatic heterocycles. The van der Waals surface area contributed by atoms with E-state index in [-0.39, 0.29) is 12.1 Å². The third-order valence-corrected chi connectivity index (χ3v) is 6.00. The fraction of sp³-hybridized carbons (Fsp3) is 0.647. The largest absolute Gasteiger partial charge is 0.394 e. The average Bonchev–Trinajstić information content (AvgIpc) is 2.85. The molecule has 2 rings (SSSR count). The second kappa shape index (κ2) is 6.97. The van der Waals surface area contributed by atoms with E-state index in [0.29, 0.717) is 5.92 Å². The number of hydrogen-bond donors (Lipinski definition) is 2. The molecule has 2 unspecified atom stereocenters. The molecule has 1 fully saturated rings. The van der Waals surface area contributed by atoms with Crippen molar-refractivity contribution in [2.45, 2.75) is 50.0 Å². The van der Waals surface area contributed by atoms with Gasteiger partial charge in [-0.2, -0.15) is 0 Å². The summed E-state index contributed by atoms with van der Waals surface area (Å²) in [5.74, 6) is 1.74. The van der Waals surface area contributed by atoms with Gasteiger partial charge in [-0.25, -0.2) is 0 Å². The van der Waals surface area contributed by atoms with Crippen LogP contribution in [-0.4, -0.2) is 30.1 Å². The molecule has 1 saturated carbocycles. The van der Waals surface area contributed by atoms with Gasteiger partial charge in [-0.1, -0.05) is 24.1 Å². The minimum atomic E-state index is -0.0249. The van der Waals surface area contributed by atoms with Crippen molar-refractivity contribution in [1.82, 2.24) is 5.32 Å². The van der Waals surface area contributed by atoms with E-state index in [1.54, 1.807) is 0 Å². The molecule has 0 bridgehead atoms. The van der Waals surface area contributed by atoms with E-state index in [0.717, 1.165) is 12.2 Å². The number of rotatable bonds is 6. The van der Waals surface area contributed by atoms with Crippen molar-refractivity contribution in [3.63, 3.8) is 0 Å². The average molecular weight is 293 g/mol. The molecule has 2 nitrogen and oxygen atoms in total. The first-order valence-electron chi connectivity index (χ1n) is 7.61. The molecule has 0 saturated heterocycles. The zero-order valence-electron chi connectivity index (χ0n) is 12.9. The normalized spacial score (nSPS) is 26.1. The molecule has 0 aromatic heterocycles. The van der Waals surface area contributed by atoms with Gasteiger partial charge in [0.25, 0.3) is 0 Å². The number of hydrogen-bond acceptors (Lipinski definition) is 3. The molecule has 112 valence electrons.